The van der Waals surface area contributed by atoms with E-state index < -0.39 is 25.3 Å². The maximum Gasteiger partial charge on any atom is 0.485 e. The van der Waals surface area contributed by atoms with Crippen LogP contribution in [0.5, 0.6) is 0 Å². The van der Waals surface area contributed by atoms with Crippen molar-refractivity contribution in [2.24, 2.45) is 0 Å². The van der Waals surface area contributed by atoms with Crippen molar-refractivity contribution >= 4 is 19.8 Å². The molecule has 1 rings (SSSR count). The van der Waals surface area contributed by atoms with E-state index in [0.29, 0.717) is 4.90 Å². The minimum Gasteiger partial charge on any atom is -0.741 e. The summed E-state index contributed by atoms with van der Waals surface area (Å²) < 4.78 is 78.1. The second-order valence-electron chi connectivity index (χ2n) is 4.02. The zero-order valence-corrected chi connectivity index (χ0v) is 11.6. The fraction of sp³-hybridized carbons (Fsp3) is 0.333. The summed E-state index contributed by atoms with van der Waals surface area (Å²) in [7, 11) is -9.35. The summed E-state index contributed by atoms with van der Waals surface area (Å²) >= 11 is 0. The molecule has 112 valence electrons. The van der Waals surface area contributed by atoms with E-state index in [-0.39, 0.29) is 0 Å². The Morgan fingerprint density at radius 2 is 1.42 bits per heavy atom. The van der Waals surface area contributed by atoms with Gasteiger partial charge in [0.05, 0.1) is 12.5 Å². The van der Waals surface area contributed by atoms with Gasteiger partial charge >= 0.3 is 5.51 Å². The Morgan fingerprint density at radius 3 is 1.58 bits per heavy atom. The molecular formula is C9H13F3O5S2. The highest BCUT2D eigenvalue weighted by atomic mass is 32.3. The molecule has 0 aliphatic rings. The predicted octanol–water partition coefficient (Wildman–Crippen LogP) is 1.99. The largest absolute Gasteiger partial charge is 0.741 e. The molecule has 0 unspecified atom stereocenters. The standard InChI is InChI=1S/C8H13O2S.CHF3O3S/c1-11(2,9,10)8-6-4-3-5-7-8;2-1(3,4)8(5,6)7/h3-7,9-10H,1-2H3;(H,5,6,7)/q+1;/p-1. The molecule has 0 atom stereocenters. The molecule has 0 aromatic heterocycles. The summed E-state index contributed by atoms with van der Waals surface area (Å²) in [5.74, 6) is 0. The molecule has 2 N–H and O–H groups in total. The minimum atomic E-state index is -6.09. The van der Waals surface area contributed by atoms with Gasteiger partial charge in [-0.2, -0.15) is 22.9 Å². The van der Waals surface area contributed by atoms with Crippen LogP contribution in [-0.2, 0) is 19.8 Å². The molecule has 1 aromatic rings. The van der Waals surface area contributed by atoms with Gasteiger partial charge in [0.25, 0.3) is 0 Å². The summed E-state index contributed by atoms with van der Waals surface area (Å²) in [6.45, 7) is 0. The van der Waals surface area contributed by atoms with Crippen molar-refractivity contribution in [2.45, 2.75) is 10.4 Å². The van der Waals surface area contributed by atoms with Crippen LogP contribution < -0.4 is 0 Å². The Hall–Kier alpha value is -0.810. The van der Waals surface area contributed by atoms with Gasteiger partial charge in [0.1, 0.15) is 0 Å². The monoisotopic (exact) mass is 322 g/mol. The Morgan fingerprint density at radius 1 is 1.11 bits per heavy atom. The maximum atomic E-state index is 10.7. The van der Waals surface area contributed by atoms with Gasteiger partial charge < -0.3 is 4.55 Å². The first-order chi connectivity index (χ1) is 8.11. The van der Waals surface area contributed by atoms with Gasteiger partial charge in [-0.3, -0.25) is 0 Å². The first kappa shape index (κ1) is 18.2. The lowest BCUT2D eigenvalue weighted by atomic mass is 10.4. The molecule has 0 radical (unpaired) electrons. The molecule has 0 amide bonds. The molecule has 5 nitrogen and oxygen atoms in total. The van der Waals surface area contributed by atoms with Gasteiger partial charge in [-0.1, -0.05) is 18.2 Å². The fourth-order valence-corrected chi connectivity index (χ4v) is 1.76. The van der Waals surface area contributed by atoms with Crippen molar-refractivity contribution in [1.82, 2.24) is 0 Å². The molecule has 0 aliphatic carbocycles. The molecule has 19 heavy (non-hydrogen) atoms. The molecule has 0 saturated heterocycles. The van der Waals surface area contributed by atoms with Crippen LogP contribution in [0.25, 0.3) is 0 Å². The van der Waals surface area contributed by atoms with Crippen LogP contribution >= 0.6 is 0 Å². The van der Waals surface area contributed by atoms with Crippen LogP contribution in [0.2, 0.25) is 0 Å². The summed E-state index contributed by atoms with van der Waals surface area (Å²) in [6.07, 6.45) is 2.93. The van der Waals surface area contributed by atoms with Crippen LogP contribution in [0.3, 0.4) is 0 Å². The highest BCUT2D eigenvalue weighted by Gasteiger charge is 2.36. The molecular weight excluding hydrogens is 309 g/mol. The smallest absolute Gasteiger partial charge is 0.485 e. The van der Waals surface area contributed by atoms with Gasteiger partial charge in [-0.15, -0.1) is 0 Å². The molecule has 1 aromatic carbocycles. The Balaban J connectivity index is 0.000000362. The van der Waals surface area contributed by atoms with E-state index in [0.717, 1.165) is 0 Å². The molecule has 0 bridgehead atoms. The summed E-state index contributed by atoms with van der Waals surface area (Å²) in [5, 5.41) is 0. The lowest BCUT2D eigenvalue weighted by Crippen LogP contribution is -2.38. The fourth-order valence-electron chi connectivity index (χ4n) is 0.814. The molecule has 0 heterocycles. The highest BCUT2D eigenvalue weighted by Crippen LogP contribution is 2.31. The summed E-state index contributed by atoms with van der Waals surface area (Å²) in [5.41, 5.74) is -5.65. The van der Waals surface area contributed by atoms with Gasteiger partial charge in [0.2, 0.25) is 0 Å². The van der Waals surface area contributed by atoms with Crippen molar-refractivity contribution in [1.29, 1.82) is 0 Å². The van der Waals surface area contributed by atoms with E-state index in [4.69, 9.17) is 13.0 Å². The van der Waals surface area contributed by atoms with E-state index >= 15 is 0 Å². The third kappa shape index (κ3) is 6.78. The zero-order valence-electron chi connectivity index (χ0n) is 9.96. The Labute approximate surface area is 109 Å². The average molecular weight is 322 g/mol. The van der Waals surface area contributed by atoms with Gasteiger partial charge in [0, 0.05) is 12.1 Å². The Bertz CT molecular complexity index is 507. The molecule has 0 saturated carbocycles. The van der Waals surface area contributed by atoms with E-state index in [1.54, 1.807) is 24.3 Å². The third-order valence-electron chi connectivity index (χ3n) is 1.71. The van der Waals surface area contributed by atoms with Crippen LogP contribution in [0.15, 0.2) is 35.2 Å². The van der Waals surface area contributed by atoms with E-state index in [2.05, 4.69) is 0 Å². The minimum absolute atomic E-state index is 0.601. The number of hydrogen-bond donors (Lipinski definition) is 2. The normalized spacial score (nSPS) is 14.8. The van der Waals surface area contributed by atoms with Crippen molar-refractivity contribution < 1.29 is 35.2 Å². The lowest BCUT2D eigenvalue weighted by Gasteiger charge is -2.42. The van der Waals surface area contributed by atoms with E-state index in [1.165, 1.54) is 12.5 Å². The third-order valence-corrected chi connectivity index (χ3v) is 3.91. The van der Waals surface area contributed by atoms with Gasteiger partial charge in [-0.05, 0) is 0 Å². The topological polar surface area (TPSA) is 97.7 Å². The maximum absolute atomic E-state index is 10.7. The van der Waals surface area contributed by atoms with E-state index in [9.17, 15) is 22.3 Å². The quantitative estimate of drug-likeness (QED) is 0.468. The van der Waals surface area contributed by atoms with E-state index in [1.807, 2.05) is 6.07 Å². The van der Waals surface area contributed by atoms with Crippen LogP contribution in [0.1, 0.15) is 0 Å². The van der Waals surface area contributed by atoms with Crippen LogP contribution in [-0.4, -0.2) is 40.1 Å². The Kier molecular flexibility index (Phi) is 5.06. The van der Waals surface area contributed by atoms with Crippen LogP contribution in [0.4, 0.5) is 13.2 Å². The molecule has 10 heteroatoms. The summed E-state index contributed by atoms with van der Waals surface area (Å²) in [4.78, 5) is 0.601. The molecule has 0 spiro atoms. The van der Waals surface area contributed by atoms with Crippen LogP contribution in [0, 0.1) is 0 Å². The highest BCUT2D eigenvalue weighted by molar-refractivity contribution is 8.20. The van der Waals surface area contributed by atoms with Crippen molar-refractivity contribution in [3.05, 3.63) is 30.3 Å². The summed E-state index contributed by atoms with van der Waals surface area (Å²) in [6, 6.07) is 8.89. The number of rotatable bonds is 1. The van der Waals surface area contributed by atoms with Gasteiger partial charge in [0.15, 0.2) is 15.0 Å². The zero-order chi connectivity index (χ0) is 15.6. The number of benzene rings is 1. The van der Waals surface area contributed by atoms with Crippen molar-refractivity contribution in [2.75, 3.05) is 12.5 Å². The second-order valence-corrected chi connectivity index (χ2v) is 9.49. The first-order valence-corrected chi connectivity index (χ1v) is 8.75. The van der Waals surface area contributed by atoms with Gasteiger partial charge in [-0.25, -0.2) is 17.5 Å². The molecule has 0 aliphatic heterocycles. The SMILES string of the molecule is C[S+](C)(O)(O)c1ccccc1.O=S(=O)([O-])C(F)(F)F. The van der Waals surface area contributed by atoms with Crippen molar-refractivity contribution in [3.8, 4) is 0 Å². The second kappa shape index (κ2) is 5.29. The average Bonchev–Trinajstić information content (AvgIpc) is 2.14. The molecule has 0 fully saturated rings. The van der Waals surface area contributed by atoms with Crippen molar-refractivity contribution in [3.63, 3.8) is 0 Å². The number of alkyl halides is 3. The predicted molar refractivity (Wildman–Crippen MR) is 64.9 cm³/mol. The first-order valence-electron chi connectivity index (χ1n) is 4.57. The lowest BCUT2D eigenvalue weighted by molar-refractivity contribution is -0.0517. The number of halogens is 3. The number of hydrogen-bond acceptors (Lipinski definition) is 5.